The number of nitrogens with zero attached hydrogens (tertiary/aromatic N) is 1. The van der Waals surface area contributed by atoms with Crippen molar-refractivity contribution in [3.05, 3.63) is 33.7 Å². The van der Waals surface area contributed by atoms with E-state index in [0.717, 1.165) is 0 Å². The summed E-state index contributed by atoms with van der Waals surface area (Å²) in [6, 6.07) is 3.15. The van der Waals surface area contributed by atoms with Crippen LogP contribution in [0.1, 0.15) is 31.4 Å². The third-order valence-corrected chi connectivity index (χ3v) is 5.81. The van der Waals surface area contributed by atoms with Gasteiger partial charge in [0.05, 0.1) is 17.2 Å². The second-order valence-electron chi connectivity index (χ2n) is 7.72. The fraction of sp³-hybridized carbons (Fsp3) is 0.500. The second-order valence-corrected chi connectivity index (χ2v) is 7.72. The molecule has 5 atom stereocenters. The van der Waals surface area contributed by atoms with Crippen LogP contribution >= 0.6 is 0 Å². The third kappa shape index (κ3) is 3.87. The minimum atomic E-state index is -0.982. The molecule has 3 heterocycles. The summed E-state index contributed by atoms with van der Waals surface area (Å²) >= 11 is 0. The van der Waals surface area contributed by atoms with Gasteiger partial charge < -0.3 is 38.0 Å². The Morgan fingerprint density at radius 3 is 2.58 bits per heavy atom. The summed E-state index contributed by atoms with van der Waals surface area (Å²) in [5, 5.41) is 14.7. The highest BCUT2D eigenvalue weighted by atomic mass is 16.8. The van der Waals surface area contributed by atoms with Crippen molar-refractivity contribution in [2.24, 2.45) is 5.16 Å². The van der Waals surface area contributed by atoms with E-state index in [1.165, 1.54) is 21.1 Å². The molecule has 1 unspecified atom stereocenters. The van der Waals surface area contributed by atoms with Crippen LogP contribution in [0.4, 0.5) is 4.79 Å². The lowest BCUT2D eigenvalue weighted by Gasteiger charge is -2.40. The van der Waals surface area contributed by atoms with E-state index in [2.05, 4.69) is 5.16 Å². The lowest BCUT2D eigenvalue weighted by atomic mass is 9.97. The monoisotopic (exact) mass is 463 g/mol. The molecule has 1 aromatic heterocycles. The van der Waals surface area contributed by atoms with Crippen LogP contribution in [0.2, 0.25) is 0 Å². The van der Waals surface area contributed by atoms with Gasteiger partial charge in [0.15, 0.2) is 6.10 Å². The van der Waals surface area contributed by atoms with Crippen molar-refractivity contribution >= 4 is 22.8 Å². The van der Waals surface area contributed by atoms with Crippen LogP contribution < -0.4 is 10.4 Å². The van der Waals surface area contributed by atoms with Gasteiger partial charge >= 0.3 is 11.8 Å². The number of hydrogen-bond acceptors (Lipinski definition) is 11. The molecule has 11 heteroatoms. The van der Waals surface area contributed by atoms with Crippen molar-refractivity contribution in [1.29, 1.82) is 0 Å². The molecule has 178 valence electrons. The Labute approximate surface area is 188 Å². The molecule has 0 aliphatic carbocycles. The van der Waals surface area contributed by atoms with Crippen LogP contribution in [0.15, 0.2) is 26.5 Å². The Bertz CT molecular complexity index is 1160. The molecular formula is C22H25NO10. The van der Waals surface area contributed by atoms with Crippen LogP contribution in [-0.2, 0) is 23.8 Å². The summed E-state index contributed by atoms with van der Waals surface area (Å²) in [6.07, 6.45) is -3.67. The molecule has 2 aliphatic rings. The van der Waals surface area contributed by atoms with E-state index < -0.39 is 42.5 Å². The van der Waals surface area contributed by atoms with Gasteiger partial charge in [-0.1, -0.05) is 12.1 Å². The average Bonchev–Trinajstić information content (AvgIpc) is 3.17. The zero-order chi connectivity index (χ0) is 23.9. The first-order valence-electron chi connectivity index (χ1n) is 10.4. The van der Waals surface area contributed by atoms with Crippen LogP contribution in [0, 0.1) is 6.92 Å². The molecular weight excluding hydrogens is 438 g/mol. The molecule has 0 radical (unpaired) electrons. The van der Waals surface area contributed by atoms with Gasteiger partial charge in [-0.25, -0.2) is 9.59 Å². The van der Waals surface area contributed by atoms with Gasteiger partial charge in [0.25, 0.3) is 0 Å². The van der Waals surface area contributed by atoms with Crippen molar-refractivity contribution in [2.75, 3.05) is 14.2 Å². The summed E-state index contributed by atoms with van der Waals surface area (Å²) in [4.78, 5) is 29.0. The third-order valence-electron chi connectivity index (χ3n) is 5.81. The number of hydrogen-bond donors (Lipinski definition) is 1. The van der Waals surface area contributed by atoms with Crippen molar-refractivity contribution in [3.8, 4) is 11.5 Å². The Kier molecular flexibility index (Phi) is 6.17. The molecule has 0 bridgehead atoms. The minimum absolute atomic E-state index is 0.0951. The van der Waals surface area contributed by atoms with E-state index in [9.17, 15) is 14.7 Å². The predicted molar refractivity (Wildman–Crippen MR) is 114 cm³/mol. The maximum absolute atomic E-state index is 12.5. The van der Waals surface area contributed by atoms with Crippen LogP contribution in [0.25, 0.3) is 11.0 Å². The molecule has 1 N–H and O–H groups in total. The first-order valence-corrected chi connectivity index (χ1v) is 10.4. The molecule has 2 aromatic rings. The lowest BCUT2D eigenvalue weighted by molar-refractivity contribution is -0.250. The summed E-state index contributed by atoms with van der Waals surface area (Å²) in [6.45, 7) is 5.10. The molecule has 0 spiro atoms. The SMILES string of the molecule is CC[C@@H]1OC(Oc2ccc3c(O)c(C(C)=NOC)c(=O)oc3c2C)[C@@H]2OC(=O)O[C@@H]2[C@H]1OC. The van der Waals surface area contributed by atoms with Crippen LogP contribution in [-0.4, -0.2) is 61.9 Å². The van der Waals surface area contributed by atoms with E-state index in [0.29, 0.717) is 23.1 Å². The van der Waals surface area contributed by atoms with Gasteiger partial charge in [-0.05, 0) is 32.4 Å². The predicted octanol–water partition coefficient (Wildman–Crippen LogP) is 2.61. The zero-order valence-corrected chi connectivity index (χ0v) is 18.8. The molecule has 11 nitrogen and oxygen atoms in total. The van der Waals surface area contributed by atoms with E-state index >= 15 is 0 Å². The number of carbonyl (C=O) groups excluding carboxylic acids is 1. The summed E-state index contributed by atoms with van der Waals surface area (Å²) < 4.78 is 33.6. The maximum Gasteiger partial charge on any atom is 0.509 e. The van der Waals surface area contributed by atoms with Crippen molar-refractivity contribution < 1.29 is 42.8 Å². The molecule has 2 saturated heterocycles. The molecule has 2 aliphatic heterocycles. The molecule has 33 heavy (non-hydrogen) atoms. The number of fused-ring (bicyclic) bond motifs is 2. The van der Waals surface area contributed by atoms with Gasteiger partial charge in [-0.3, -0.25) is 0 Å². The summed E-state index contributed by atoms with van der Waals surface area (Å²) in [5.74, 6) is 0.0350. The van der Waals surface area contributed by atoms with E-state index in [4.69, 9.17) is 32.9 Å². The van der Waals surface area contributed by atoms with Crippen LogP contribution in [0.5, 0.6) is 11.5 Å². The number of carbonyl (C=O) groups is 1. The number of benzene rings is 1. The lowest BCUT2D eigenvalue weighted by Crippen LogP contribution is -2.58. The van der Waals surface area contributed by atoms with E-state index in [-0.39, 0.29) is 22.6 Å². The number of methoxy groups -OCH3 is 1. The highest BCUT2D eigenvalue weighted by molar-refractivity contribution is 6.04. The van der Waals surface area contributed by atoms with Crippen LogP contribution in [0.3, 0.4) is 0 Å². The minimum Gasteiger partial charge on any atom is -0.506 e. The standard InChI is InChI=1S/C22H25NO10/c1-6-12-17(27-4)18-19(33-22(26)32-18)21(29-12)30-13-8-7-11-15(24)14(10(3)23-28-5)20(25)31-16(11)9(13)2/h7-8,12,17-19,21,24H,6H2,1-5H3/t12-,17-,18+,19+,21?/m0/s1. The van der Waals surface area contributed by atoms with E-state index in [1.54, 1.807) is 19.1 Å². The second kappa shape index (κ2) is 8.91. The van der Waals surface area contributed by atoms with Crippen molar-refractivity contribution in [1.82, 2.24) is 0 Å². The zero-order valence-electron chi connectivity index (χ0n) is 18.8. The number of aryl methyl sites for hydroxylation is 1. The van der Waals surface area contributed by atoms with Gasteiger partial charge in [0.1, 0.15) is 35.9 Å². The van der Waals surface area contributed by atoms with Gasteiger partial charge in [0.2, 0.25) is 12.4 Å². The number of aromatic hydroxyl groups is 1. The number of oxime groups is 1. The number of rotatable bonds is 6. The fourth-order valence-corrected chi connectivity index (χ4v) is 4.22. The Balaban J connectivity index is 1.71. The first-order chi connectivity index (χ1) is 15.8. The van der Waals surface area contributed by atoms with Crippen molar-refractivity contribution in [3.63, 3.8) is 0 Å². The summed E-state index contributed by atoms with van der Waals surface area (Å²) in [7, 11) is 2.84. The highest BCUT2D eigenvalue weighted by Crippen LogP contribution is 2.38. The first kappa shape index (κ1) is 22.9. The molecule has 2 fully saturated rings. The van der Waals surface area contributed by atoms with Crippen molar-refractivity contribution in [2.45, 2.75) is 57.9 Å². The molecule has 4 rings (SSSR count). The molecule has 0 amide bonds. The number of ether oxygens (including phenoxy) is 5. The normalized spacial score (nSPS) is 27.1. The summed E-state index contributed by atoms with van der Waals surface area (Å²) in [5.41, 5.74) is -0.119. The molecule has 0 saturated carbocycles. The Hall–Kier alpha value is -3.31. The fourth-order valence-electron chi connectivity index (χ4n) is 4.22. The van der Waals surface area contributed by atoms with Gasteiger partial charge in [0, 0.05) is 12.7 Å². The van der Waals surface area contributed by atoms with Gasteiger partial charge in [-0.15, -0.1) is 0 Å². The van der Waals surface area contributed by atoms with Gasteiger partial charge in [-0.2, -0.15) is 0 Å². The Morgan fingerprint density at radius 2 is 1.91 bits per heavy atom. The quantitative estimate of drug-likeness (QED) is 0.295. The maximum atomic E-state index is 12.5. The highest BCUT2D eigenvalue weighted by Gasteiger charge is 2.55. The smallest absolute Gasteiger partial charge is 0.506 e. The topological polar surface area (TPSA) is 135 Å². The molecule has 1 aromatic carbocycles. The average molecular weight is 463 g/mol. The largest absolute Gasteiger partial charge is 0.509 e. The van der Waals surface area contributed by atoms with E-state index in [1.807, 2.05) is 6.92 Å². The Morgan fingerprint density at radius 1 is 1.18 bits per heavy atom.